The lowest BCUT2D eigenvalue weighted by molar-refractivity contribution is 0.0937. The first-order valence-electron chi connectivity index (χ1n) is 8.75. The lowest BCUT2D eigenvalue weighted by Crippen LogP contribution is -2.37. The first-order valence-corrected chi connectivity index (χ1v) is 8.75. The lowest BCUT2D eigenvalue weighted by Gasteiger charge is -2.17. The largest absolute Gasteiger partial charge is 0.496 e. The number of H-pyrrole nitrogens is 1. The summed E-state index contributed by atoms with van der Waals surface area (Å²) in [4.78, 5) is 30.8. The Hall–Kier alpha value is -3.42. The first-order chi connectivity index (χ1) is 13.2. The third-order valence-electron chi connectivity index (χ3n) is 4.57. The molecular formula is C19H20N6O2. The maximum atomic E-state index is 12.5. The van der Waals surface area contributed by atoms with Crippen molar-refractivity contribution in [1.82, 2.24) is 25.3 Å². The molecule has 4 rings (SSSR count). The Morgan fingerprint density at radius 3 is 3.07 bits per heavy atom. The van der Waals surface area contributed by atoms with Crippen LogP contribution < -0.4 is 15.0 Å². The first kappa shape index (κ1) is 17.0. The summed E-state index contributed by atoms with van der Waals surface area (Å²) in [6.07, 6.45) is 7.56. The van der Waals surface area contributed by atoms with Crippen LogP contribution in [0.1, 0.15) is 16.8 Å². The number of nitrogens with one attached hydrogen (secondary N) is 2. The highest BCUT2D eigenvalue weighted by Gasteiger charge is 2.27. The summed E-state index contributed by atoms with van der Waals surface area (Å²) >= 11 is 0. The van der Waals surface area contributed by atoms with E-state index in [2.05, 4.69) is 30.2 Å². The van der Waals surface area contributed by atoms with E-state index in [0.29, 0.717) is 23.8 Å². The molecule has 1 aliphatic heterocycles. The van der Waals surface area contributed by atoms with Crippen LogP contribution in [0, 0.1) is 0 Å². The zero-order valence-corrected chi connectivity index (χ0v) is 14.9. The number of methoxy groups -OCH3 is 1. The minimum Gasteiger partial charge on any atom is -0.496 e. The summed E-state index contributed by atoms with van der Waals surface area (Å²) in [6, 6.07) is 7.47. The minimum atomic E-state index is -0.187. The van der Waals surface area contributed by atoms with Gasteiger partial charge in [-0.25, -0.2) is 9.97 Å². The summed E-state index contributed by atoms with van der Waals surface area (Å²) in [7, 11) is 1.54. The number of ether oxygens (including phenoxy) is 1. The number of aromatic amines is 1. The van der Waals surface area contributed by atoms with E-state index in [1.54, 1.807) is 18.5 Å². The zero-order valence-electron chi connectivity index (χ0n) is 14.9. The third kappa shape index (κ3) is 3.59. The van der Waals surface area contributed by atoms with Crippen molar-refractivity contribution in [3.63, 3.8) is 0 Å². The number of carbonyl (C=O) groups is 1. The van der Waals surface area contributed by atoms with Gasteiger partial charge in [-0.05, 0) is 30.7 Å². The van der Waals surface area contributed by atoms with Crippen LogP contribution in [0.4, 0.5) is 5.95 Å². The summed E-state index contributed by atoms with van der Waals surface area (Å²) in [5, 5.41) is 3.05. The van der Waals surface area contributed by atoms with Crippen molar-refractivity contribution in [3.05, 3.63) is 54.6 Å². The molecule has 4 heterocycles. The Morgan fingerprint density at radius 2 is 2.26 bits per heavy atom. The van der Waals surface area contributed by atoms with Crippen molar-refractivity contribution in [2.24, 2.45) is 0 Å². The van der Waals surface area contributed by atoms with Crippen LogP contribution in [0.15, 0.2) is 49.1 Å². The van der Waals surface area contributed by atoms with Crippen molar-refractivity contribution >= 4 is 11.9 Å². The zero-order chi connectivity index (χ0) is 18.6. The number of nitrogens with zero attached hydrogens (tertiary/aromatic N) is 4. The molecule has 2 N–H and O–H groups in total. The standard InChI is InChI=1S/C19H20N6O2/c1-27-17-5-8-20-11-14(17)18(26)23-13-6-10-25(12-13)19-22-9-4-16(24-19)15-3-2-7-21-15/h2-5,7-9,11,13,21H,6,10,12H2,1H3,(H,23,26). The molecule has 0 aliphatic carbocycles. The van der Waals surface area contributed by atoms with Gasteiger partial charge in [0.05, 0.1) is 24.1 Å². The average Bonchev–Trinajstić information content (AvgIpc) is 3.40. The van der Waals surface area contributed by atoms with Crippen LogP contribution in [0.5, 0.6) is 5.75 Å². The number of rotatable bonds is 5. The van der Waals surface area contributed by atoms with Gasteiger partial charge in [-0.15, -0.1) is 0 Å². The Labute approximate surface area is 156 Å². The van der Waals surface area contributed by atoms with Gasteiger partial charge in [-0.1, -0.05) is 0 Å². The van der Waals surface area contributed by atoms with Crippen LogP contribution in [0.2, 0.25) is 0 Å². The highest BCUT2D eigenvalue weighted by Crippen LogP contribution is 2.21. The van der Waals surface area contributed by atoms with E-state index in [4.69, 9.17) is 4.74 Å². The monoisotopic (exact) mass is 364 g/mol. The van der Waals surface area contributed by atoms with Crippen LogP contribution in [-0.4, -0.2) is 52.1 Å². The molecule has 1 amide bonds. The summed E-state index contributed by atoms with van der Waals surface area (Å²) < 4.78 is 5.24. The second-order valence-electron chi connectivity index (χ2n) is 6.31. The van der Waals surface area contributed by atoms with Gasteiger partial charge in [0.1, 0.15) is 5.75 Å². The number of hydrogen-bond acceptors (Lipinski definition) is 6. The number of amides is 1. The predicted molar refractivity (Wildman–Crippen MR) is 101 cm³/mol. The van der Waals surface area contributed by atoms with Gasteiger partial charge >= 0.3 is 0 Å². The molecule has 0 saturated carbocycles. The SMILES string of the molecule is COc1ccncc1C(=O)NC1CCN(c2nccc(-c3ccc[nH]3)n2)C1. The minimum absolute atomic E-state index is 0.0140. The molecule has 1 atom stereocenters. The number of carbonyl (C=O) groups excluding carboxylic acids is 1. The van der Waals surface area contributed by atoms with Crippen LogP contribution in [0.3, 0.4) is 0 Å². The van der Waals surface area contributed by atoms with E-state index in [-0.39, 0.29) is 11.9 Å². The second kappa shape index (κ2) is 7.45. The second-order valence-corrected chi connectivity index (χ2v) is 6.31. The Balaban J connectivity index is 1.43. The quantitative estimate of drug-likeness (QED) is 0.718. The number of hydrogen-bond donors (Lipinski definition) is 2. The Morgan fingerprint density at radius 1 is 1.33 bits per heavy atom. The smallest absolute Gasteiger partial charge is 0.256 e. The Kier molecular flexibility index (Phi) is 4.69. The van der Waals surface area contributed by atoms with Gasteiger partial charge in [0.15, 0.2) is 0 Å². The maximum absolute atomic E-state index is 12.5. The molecule has 8 nitrogen and oxygen atoms in total. The van der Waals surface area contributed by atoms with Gasteiger partial charge in [0, 0.05) is 43.9 Å². The van der Waals surface area contributed by atoms with Gasteiger partial charge in [-0.3, -0.25) is 9.78 Å². The van der Waals surface area contributed by atoms with E-state index in [1.807, 2.05) is 24.4 Å². The van der Waals surface area contributed by atoms with Gasteiger partial charge in [0.25, 0.3) is 5.91 Å². The van der Waals surface area contributed by atoms with Gasteiger partial charge in [0.2, 0.25) is 5.95 Å². The number of pyridine rings is 1. The molecule has 0 aromatic carbocycles. The Bertz CT molecular complexity index is 927. The van der Waals surface area contributed by atoms with Crippen LogP contribution >= 0.6 is 0 Å². The molecule has 0 bridgehead atoms. The molecule has 0 radical (unpaired) electrons. The lowest BCUT2D eigenvalue weighted by atomic mass is 10.2. The molecule has 27 heavy (non-hydrogen) atoms. The fourth-order valence-corrected chi connectivity index (χ4v) is 3.19. The van der Waals surface area contributed by atoms with Crippen LogP contribution in [0.25, 0.3) is 11.4 Å². The van der Waals surface area contributed by atoms with Gasteiger partial charge < -0.3 is 19.9 Å². The van der Waals surface area contributed by atoms with Crippen molar-refractivity contribution in [2.75, 3.05) is 25.1 Å². The molecule has 1 aliphatic rings. The van der Waals surface area contributed by atoms with E-state index in [1.165, 1.54) is 13.3 Å². The highest BCUT2D eigenvalue weighted by molar-refractivity contribution is 5.96. The number of anilines is 1. The molecular weight excluding hydrogens is 344 g/mol. The molecule has 8 heteroatoms. The van der Waals surface area contributed by atoms with Crippen molar-refractivity contribution in [2.45, 2.75) is 12.5 Å². The fourth-order valence-electron chi connectivity index (χ4n) is 3.19. The van der Waals surface area contributed by atoms with Gasteiger partial charge in [-0.2, -0.15) is 0 Å². The van der Waals surface area contributed by atoms with Crippen molar-refractivity contribution < 1.29 is 9.53 Å². The third-order valence-corrected chi connectivity index (χ3v) is 4.57. The van der Waals surface area contributed by atoms with Crippen LogP contribution in [-0.2, 0) is 0 Å². The summed E-state index contributed by atoms with van der Waals surface area (Å²) in [5.74, 6) is 0.991. The molecule has 138 valence electrons. The van der Waals surface area contributed by atoms with E-state index >= 15 is 0 Å². The summed E-state index contributed by atoms with van der Waals surface area (Å²) in [5.41, 5.74) is 2.23. The maximum Gasteiger partial charge on any atom is 0.256 e. The predicted octanol–water partition coefficient (Wildman–Crippen LogP) is 1.88. The molecule has 3 aromatic heterocycles. The summed E-state index contributed by atoms with van der Waals surface area (Å²) in [6.45, 7) is 1.44. The van der Waals surface area contributed by atoms with Crippen molar-refractivity contribution in [3.8, 4) is 17.1 Å². The average molecular weight is 364 g/mol. The molecule has 3 aromatic rings. The van der Waals surface area contributed by atoms with E-state index in [9.17, 15) is 4.79 Å². The molecule has 1 unspecified atom stereocenters. The topological polar surface area (TPSA) is 96.0 Å². The van der Waals surface area contributed by atoms with E-state index in [0.717, 1.165) is 24.4 Å². The molecule has 1 fully saturated rings. The number of aromatic nitrogens is 4. The fraction of sp³-hybridized carbons (Fsp3) is 0.263. The molecule has 1 saturated heterocycles. The van der Waals surface area contributed by atoms with Crippen molar-refractivity contribution in [1.29, 1.82) is 0 Å². The van der Waals surface area contributed by atoms with E-state index < -0.39 is 0 Å². The highest BCUT2D eigenvalue weighted by atomic mass is 16.5. The molecule has 0 spiro atoms. The normalized spacial score (nSPS) is 16.3.